The van der Waals surface area contributed by atoms with Gasteiger partial charge < -0.3 is 5.32 Å². The average molecular weight is 412 g/mol. The Bertz CT molecular complexity index is 861. The highest BCUT2D eigenvalue weighted by atomic mass is 32.2. The summed E-state index contributed by atoms with van der Waals surface area (Å²) in [5.41, 5.74) is 0.274. The summed E-state index contributed by atoms with van der Waals surface area (Å²) in [7, 11) is -3.45. The lowest BCUT2D eigenvalue weighted by molar-refractivity contribution is 0.0938. The smallest absolute Gasteiger partial charge is 0.273 e. The molecule has 1 atom stereocenters. The van der Waals surface area contributed by atoms with Crippen LogP contribution < -0.4 is 5.32 Å². The van der Waals surface area contributed by atoms with Crippen LogP contribution in [0, 0.1) is 0 Å². The number of aromatic nitrogens is 3. The van der Waals surface area contributed by atoms with Crippen LogP contribution >= 0.6 is 11.3 Å². The summed E-state index contributed by atoms with van der Waals surface area (Å²) in [5, 5.41) is 12.5. The maximum absolute atomic E-state index is 12.9. The average Bonchev–Trinajstić information content (AvgIpc) is 3.32. The molecule has 0 spiro atoms. The summed E-state index contributed by atoms with van der Waals surface area (Å²) in [4.78, 5) is 12.0. The Morgan fingerprint density at radius 3 is 2.93 bits per heavy atom. The zero-order valence-corrected chi connectivity index (χ0v) is 17.2. The fourth-order valence-electron chi connectivity index (χ4n) is 3.23. The predicted molar refractivity (Wildman–Crippen MR) is 103 cm³/mol. The van der Waals surface area contributed by atoms with Crippen molar-refractivity contribution in [2.24, 2.45) is 0 Å². The predicted octanol–water partition coefficient (Wildman–Crippen LogP) is 2.11. The number of carbonyl (C=O) groups excluding carboxylic acids is 1. The van der Waals surface area contributed by atoms with Crippen molar-refractivity contribution in [1.82, 2.24) is 24.6 Å². The molecule has 148 valence electrons. The van der Waals surface area contributed by atoms with E-state index in [1.807, 2.05) is 13.8 Å². The molecular formula is C17H25N5O3S2. The van der Waals surface area contributed by atoms with Crippen LogP contribution in [0.5, 0.6) is 0 Å². The molecule has 1 amide bonds. The molecule has 2 aromatic rings. The van der Waals surface area contributed by atoms with Crippen LogP contribution in [0.4, 0.5) is 0 Å². The van der Waals surface area contributed by atoms with Crippen LogP contribution in [0.2, 0.25) is 0 Å². The Morgan fingerprint density at radius 1 is 1.41 bits per heavy atom. The van der Waals surface area contributed by atoms with Crippen molar-refractivity contribution in [3.05, 3.63) is 29.4 Å². The largest absolute Gasteiger partial charge is 0.348 e. The molecule has 10 heteroatoms. The number of hydrogen-bond acceptors (Lipinski definition) is 6. The van der Waals surface area contributed by atoms with Crippen LogP contribution in [-0.4, -0.2) is 52.3 Å². The minimum absolute atomic E-state index is 0.0286. The quantitative estimate of drug-likeness (QED) is 0.753. The third-order valence-corrected chi connectivity index (χ3v) is 7.84. The number of carbonyl (C=O) groups is 1. The van der Waals surface area contributed by atoms with Crippen molar-refractivity contribution >= 4 is 27.3 Å². The van der Waals surface area contributed by atoms with Gasteiger partial charge in [-0.3, -0.25) is 9.48 Å². The fourth-order valence-corrected chi connectivity index (χ4v) is 6.08. The summed E-state index contributed by atoms with van der Waals surface area (Å²) >= 11 is 1.25. The van der Waals surface area contributed by atoms with Crippen molar-refractivity contribution in [3.8, 4) is 0 Å². The highest BCUT2D eigenvalue weighted by molar-refractivity contribution is 7.91. The van der Waals surface area contributed by atoms with Crippen LogP contribution in [0.3, 0.4) is 0 Å². The zero-order chi connectivity index (χ0) is 19.4. The SMILES string of the molecule is CC(C)NC(=O)c1cn(CC[C@@H]2CCCCN2S(=O)(=O)c2cccs2)nn1. The first kappa shape index (κ1) is 20.0. The second-order valence-electron chi connectivity index (χ2n) is 6.98. The van der Waals surface area contributed by atoms with E-state index in [0.29, 0.717) is 23.7 Å². The van der Waals surface area contributed by atoms with Crippen LogP contribution in [0.15, 0.2) is 27.9 Å². The zero-order valence-electron chi connectivity index (χ0n) is 15.5. The Morgan fingerprint density at radius 2 is 2.22 bits per heavy atom. The Kier molecular flexibility index (Phi) is 6.28. The molecule has 0 aliphatic carbocycles. The summed E-state index contributed by atoms with van der Waals surface area (Å²) in [6.45, 7) is 4.83. The van der Waals surface area contributed by atoms with Gasteiger partial charge in [-0.05, 0) is 44.6 Å². The van der Waals surface area contributed by atoms with Gasteiger partial charge in [0.1, 0.15) is 4.21 Å². The van der Waals surface area contributed by atoms with Gasteiger partial charge in [0.05, 0.1) is 6.20 Å². The van der Waals surface area contributed by atoms with E-state index in [1.54, 1.807) is 32.7 Å². The number of amides is 1. The van der Waals surface area contributed by atoms with Crippen LogP contribution in [-0.2, 0) is 16.6 Å². The highest BCUT2D eigenvalue weighted by Crippen LogP contribution is 2.29. The van der Waals surface area contributed by atoms with E-state index in [0.717, 1.165) is 19.3 Å². The van der Waals surface area contributed by atoms with Gasteiger partial charge in [-0.15, -0.1) is 16.4 Å². The van der Waals surface area contributed by atoms with Gasteiger partial charge in [0.2, 0.25) is 0 Å². The molecule has 0 unspecified atom stereocenters. The monoisotopic (exact) mass is 411 g/mol. The van der Waals surface area contributed by atoms with Crippen molar-refractivity contribution in [1.29, 1.82) is 0 Å². The van der Waals surface area contributed by atoms with Gasteiger partial charge in [-0.2, -0.15) is 4.31 Å². The fraction of sp³-hybridized carbons (Fsp3) is 0.588. The number of hydrogen-bond donors (Lipinski definition) is 1. The van der Waals surface area contributed by atoms with Gasteiger partial charge in [0.25, 0.3) is 15.9 Å². The Balaban J connectivity index is 1.66. The molecule has 0 radical (unpaired) electrons. The molecule has 3 heterocycles. The van der Waals surface area contributed by atoms with Crippen molar-refractivity contribution < 1.29 is 13.2 Å². The van der Waals surface area contributed by atoms with E-state index in [4.69, 9.17) is 0 Å². The molecule has 1 fully saturated rings. The van der Waals surface area contributed by atoms with E-state index < -0.39 is 10.0 Å². The lowest BCUT2D eigenvalue weighted by atomic mass is 10.0. The van der Waals surface area contributed by atoms with E-state index in [1.165, 1.54) is 11.3 Å². The summed E-state index contributed by atoms with van der Waals surface area (Å²) < 4.78 is 29.5. The van der Waals surface area contributed by atoms with E-state index in [2.05, 4.69) is 15.6 Å². The molecule has 1 aliphatic heterocycles. The summed E-state index contributed by atoms with van der Waals surface area (Å²) in [6, 6.07) is 3.38. The molecule has 3 rings (SSSR count). The molecule has 0 aromatic carbocycles. The second kappa shape index (κ2) is 8.49. The topological polar surface area (TPSA) is 97.2 Å². The molecular weight excluding hydrogens is 386 g/mol. The maximum atomic E-state index is 12.9. The highest BCUT2D eigenvalue weighted by Gasteiger charge is 2.33. The van der Waals surface area contributed by atoms with Crippen molar-refractivity contribution in [2.75, 3.05) is 6.54 Å². The van der Waals surface area contributed by atoms with E-state index in [-0.39, 0.29) is 23.7 Å². The van der Waals surface area contributed by atoms with Gasteiger partial charge >= 0.3 is 0 Å². The first-order valence-electron chi connectivity index (χ1n) is 9.14. The molecule has 8 nitrogen and oxygen atoms in total. The van der Waals surface area contributed by atoms with E-state index >= 15 is 0 Å². The van der Waals surface area contributed by atoms with Gasteiger partial charge in [-0.1, -0.05) is 17.7 Å². The first-order valence-corrected chi connectivity index (χ1v) is 11.5. The second-order valence-corrected chi connectivity index (χ2v) is 10.0. The van der Waals surface area contributed by atoms with Crippen LogP contribution in [0.1, 0.15) is 50.0 Å². The molecule has 27 heavy (non-hydrogen) atoms. The lowest BCUT2D eigenvalue weighted by Crippen LogP contribution is -2.43. The maximum Gasteiger partial charge on any atom is 0.273 e. The number of sulfonamides is 1. The molecule has 1 saturated heterocycles. The molecule has 0 saturated carbocycles. The minimum Gasteiger partial charge on any atom is -0.348 e. The van der Waals surface area contributed by atoms with E-state index in [9.17, 15) is 13.2 Å². The Labute approximate surface area is 163 Å². The van der Waals surface area contributed by atoms with Gasteiger partial charge in [-0.25, -0.2) is 8.42 Å². The van der Waals surface area contributed by atoms with Crippen molar-refractivity contribution in [2.45, 2.75) is 62.4 Å². The van der Waals surface area contributed by atoms with Gasteiger partial charge in [0.15, 0.2) is 5.69 Å². The normalized spacial score (nSPS) is 18.7. The molecule has 1 N–H and O–H groups in total. The number of aryl methyl sites for hydroxylation is 1. The number of thiophene rings is 1. The van der Waals surface area contributed by atoms with Gasteiger partial charge in [0, 0.05) is 25.2 Å². The third kappa shape index (κ3) is 4.74. The minimum atomic E-state index is -3.45. The Hall–Kier alpha value is -1.78. The third-order valence-electron chi connectivity index (χ3n) is 4.51. The summed E-state index contributed by atoms with van der Waals surface area (Å²) in [5.74, 6) is -0.254. The number of piperidine rings is 1. The summed E-state index contributed by atoms with van der Waals surface area (Å²) in [6.07, 6.45) is 4.97. The lowest BCUT2D eigenvalue weighted by Gasteiger charge is -2.34. The molecule has 0 bridgehead atoms. The number of rotatable bonds is 7. The van der Waals surface area contributed by atoms with Crippen molar-refractivity contribution in [3.63, 3.8) is 0 Å². The van der Waals surface area contributed by atoms with Crippen LogP contribution in [0.25, 0.3) is 0 Å². The number of nitrogens with one attached hydrogen (secondary N) is 1. The molecule has 2 aromatic heterocycles. The molecule has 1 aliphatic rings. The standard InChI is InChI=1S/C17H25N5O3S2/c1-13(2)18-17(23)15-12-21(20-19-15)10-8-14-6-3-4-9-22(14)27(24,25)16-7-5-11-26-16/h5,7,11-14H,3-4,6,8-10H2,1-2H3,(H,18,23)/t14-/m0/s1. The first-order chi connectivity index (χ1) is 12.9. The number of nitrogens with zero attached hydrogens (tertiary/aromatic N) is 4.